The zero-order chi connectivity index (χ0) is 18.5. The third-order valence-electron chi connectivity index (χ3n) is 3.81. The molecule has 0 spiro atoms. The van der Waals surface area contributed by atoms with E-state index in [0.29, 0.717) is 10.7 Å². The number of hydrogen-bond acceptors (Lipinski definition) is 5. The first-order chi connectivity index (χ1) is 12.5. The Labute approximate surface area is 155 Å². The Balaban J connectivity index is 1.62. The summed E-state index contributed by atoms with van der Waals surface area (Å²) in [5.74, 6) is -0.629. The van der Waals surface area contributed by atoms with Gasteiger partial charge in [-0.3, -0.25) is 14.9 Å². The third kappa shape index (κ3) is 4.12. The minimum Gasteiger partial charge on any atom is -0.341 e. The van der Waals surface area contributed by atoms with Crippen LogP contribution in [-0.4, -0.2) is 28.1 Å². The molecule has 0 saturated heterocycles. The molecule has 0 fully saturated rings. The maximum atomic E-state index is 12.3. The van der Waals surface area contributed by atoms with Crippen LogP contribution < -0.4 is 10.6 Å². The maximum Gasteiger partial charge on any atom is 0.252 e. The minimum absolute atomic E-state index is 0.284. The first-order valence-electron chi connectivity index (χ1n) is 8.11. The number of nitrogens with zero attached hydrogens (tertiary/aromatic N) is 2. The second kappa shape index (κ2) is 7.88. The highest BCUT2D eigenvalue weighted by atomic mass is 32.1. The van der Waals surface area contributed by atoms with Gasteiger partial charge in [-0.15, -0.1) is 10.2 Å². The Morgan fingerprint density at radius 2 is 1.69 bits per heavy atom. The minimum atomic E-state index is -0.703. The van der Waals surface area contributed by atoms with Gasteiger partial charge >= 0.3 is 0 Å². The van der Waals surface area contributed by atoms with Gasteiger partial charge in [0.05, 0.1) is 0 Å². The zero-order valence-electron chi connectivity index (χ0n) is 14.4. The van der Waals surface area contributed by atoms with E-state index in [4.69, 9.17) is 0 Å². The molecule has 26 heavy (non-hydrogen) atoms. The van der Waals surface area contributed by atoms with Crippen molar-refractivity contribution in [2.24, 2.45) is 0 Å². The first-order valence-corrected chi connectivity index (χ1v) is 8.92. The second-order valence-electron chi connectivity index (χ2n) is 5.78. The van der Waals surface area contributed by atoms with E-state index in [1.807, 2.05) is 49.4 Å². The molecule has 7 heteroatoms. The van der Waals surface area contributed by atoms with E-state index in [9.17, 15) is 9.59 Å². The number of aryl methyl sites for hydroxylation is 1. The number of rotatable bonds is 5. The van der Waals surface area contributed by atoms with Gasteiger partial charge < -0.3 is 5.32 Å². The number of carbonyl (C=O) groups excluding carboxylic acids is 2. The van der Waals surface area contributed by atoms with Gasteiger partial charge in [-0.05, 0) is 25.5 Å². The van der Waals surface area contributed by atoms with Crippen LogP contribution in [0.4, 0.5) is 5.13 Å². The smallest absolute Gasteiger partial charge is 0.252 e. The van der Waals surface area contributed by atoms with Crippen LogP contribution in [0.5, 0.6) is 0 Å². The molecule has 2 aromatic carbocycles. The monoisotopic (exact) mass is 366 g/mol. The van der Waals surface area contributed by atoms with E-state index in [1.54, 1.807) is 19.1 Å². The molecule has 1 unspecified atom stereocenters. The Kier molecular flexibility index (Phi) is 5.38. The summed E-state index contributed by atoms with van der Waals surface area (Å²) in [6.07, 6.45) is 0. The second-order valence-corrected chi connectivity index (χ2v) is 6.76. The van der Waals surface area contributed by atoms with Crippen molar-refractivity contribution in [2.45, 2.75) is 19.9 Å². The van der Waals surface area contributed by atoms with Crippen LogP contribution in [0, 0.1) is 6.92 Å². The molecule has 1 heterocycles. The number of carbonyl (C=O) groups is 2. The molecule has 2 N–H and O–H groups in total. The lowest BCUT2D eigenvalue weighted by molar-refractivity contribution is -0.117. The van der Waals surface area contributed by atoms with E-state index in [0.717, 1.165) is 16.1 Å². The van der Waals surface area contributed by atoms with Gasteiger partial charge in [-0.25, -0.2) is 0 Å². The summed E-state index contributed by atoms with van der Waals surface area (Å²) < 4.78 is 0. The molecule has 6 nitrogen and oxygen atoms in total. The number of nitrogens with one attached hydrogen (secondary N) is 2. The normalized spacial score (nSPS) is 11.6. The van der Waals surface area contributed by atoms with Gasteiger partial charge in [0.2, 0.25) is 11.0 Å². The molecule has 0 bridgehead atoms. The summed E-state index contributed by atoms with van der Waals surface area (Å²) in [6.45, 7) is 3.48. The lowest BCUT2D eigenvalue weighted by atomic mass is 10.1. The van der Waals surface area contributed by atoms with Crippen LogP contribution in [-0.2, 0) is 4.79 Å². The van der Waals surface area contributed by atoms with E-state index in [1.165, 1.54) is 11.3 Å². The Morgan fingerprint density at radius 3 is 2.42 bits per heavy atom. The van der Waals surface area contributed by atoms with Crippen LogP contribution >= 0.6 is 11.3 Å². The highest BCUT2D eigenvalue weighted by Crippen LogP contribution is 2.25. The molecule has 0 aliphatic carbocycles. The van der Waals surface area contributed by atoms with Crippen LogP contribution in [0.1, 0.15) is 22.8 Å². The topological polar surface area (TPSA) is 84.0 Å². The average molecular weight is 366 g/mol. The van der Waals surface area contributed by atoms with Crippen LogP contribution in [0.3, 0.4) is 0 Å². The number of anilines is 1. The predicted molar refractivity (Wildman–Crippen MR) is 102 cm³/mol. The quantitative estimate of drug-likeness (QED) is 0.726. The number of amides is 2. The van der Waals surface area contributed by atoms with Crippen molar-refractivity contribution >= 4 is 28.3 Å². The van der Waals surface area contributed by atoms with Crippen molar-refractivity contribution in [3.8, 4) is 10.6 Å². The number of aromatic nitrogens is 2. The summed E-state index contributed by atoms with van der Waals surface area (Å²) in [5, 5.41) is 14.6. The van der Waals surface area contributed by atoms with Gasteiger partial charge in [0.15, 0.2) is 0 Å². The van der Waals surface area contributed by atoms with Crippen molar-refractivity contribution in [1.29, 1.82) is 0 Å². The molecular weight excluding hydrogens is 348 g/mol. The summed E-state index contributed by atoms with van der Waals surface area (Å²) in [5.41, 5.74) is 2.34. The molecule has 0 radical (unpaired) electrons. The SMILES string of the molecule is Cc1ccccc1C(=O)NC(C)C(=O)Nc1nnc(-c2ccccc2)s1. The molecule has 2 amide bonds. The standard InChI is InChI=1S/C19H18N4O2S/c1-12-8-6-7-11-15(12)17(25)20-13(2)16(24)21-19-23-22-18(26-19)14-9-4-3-5-10-14/h3-11,13H,1-2H3,(H,20,25)(H,21,23,24). The number of benzene rings is 2. The third-order valence-corrected chi connectivity index (χ3v) is 4.69. The maximum absolute atomic E-state index is 12.3. The van der Waals surface area contributed by atoms with Crippen LogP contribution in [0.2, 0.25) is 0 Å². The molecule has 1 atom stereocenters. The number of hydrogen-bond donors (Lipinski definition) is 2. The molecule has 1 aromatic heterocycles. The summed E-state index contributed by atoms with van der Waals surface area (Å²) >= 11 is 1.28. The molecule has 132 valence electrons. The molecule has 0 aliphatic rings. The summed E-state index contributed by atoms with van der Waals surface area (Å²) in [6, 6.07) is 16.1. The van der Waals surface area contributed by atoms with Gasteiger partial charge in [0, 0.05) is 11.1 Å². The lowest BCUT2D eigenvalue weighted by Gasteiger charge is -2.13. The van der Waals surface area contributed by atoms with Gasteiger partial charge in [0.1, 0.15) is 11.0 Å². The first kappa shape index (κ1) is 17.8. The van der Waals surface area contributed by atoms with Gasteiger partial charge in [0.25, 0.3) is 5.91 Å². The molecule has 3 rings (SSSR count). The lowest BCUT2D eigenvalue weighted by Crippen LogP contribution is -2.41. The highest BCUT2D eigenvalue weighted by Gasteiger charge is 2.19. The Morgan fingerprint density at radius 1 is 1.00 bits per heavy atom. The molecule has 3 aromatic rings. The fraction of sp³-hybridized carbons (Fsp3) is 0.158. The van der Waals surface area contributed by atoms with E-state index >= 15 is 0 Å². The van der Waals surface area contributed by atoms with Crippen LogP contribution in [0.25, 0.3) is 10.6 Å². The zero-order valence-corrected chi connectivity index (χ0v) is 15.2. The van der Waals surface area contributed by atoms with Crippen molar-refractivity contribution in [3.05, 3.63) is 65.7 Å². The molecule has 0 aliphatic heterocycles. The highest BCUT2D eigenvalue weighted by molar-refractivity contribution is 7.18. The van der Waals surface area contributed by atoms with Crippen molar-refractivity contribution in [2.75, 3.05) is 5.32 Å². The average Bonchev–Trinajstić information content (AvgIpc) is 3.11. The summed E-state index contributed by atoms with van der Waals surface area (Å²) in [7, 11) is 0. The molecular formula is C19H18N4O2S. The van der Waals surface area contributed by atoms with Crippen molar-refractivity contribution < 1.29 is 9.59 Å². The van der Waals surface area contributed by atoms with E-state index in [2.05, 4.69) is 20.8 Å². The molecule has 0 saturated carbocycles. The Hall–Kier alpha value is -3.06. The van der Waals surface area contributed by atoms with Gasteiger partial charge in [-0.1, -0.05) is 59.9 Å². The Bertz CT molecular complexity index is 924. The fourth-order valence-electron chi connectivity index (χ4n) is 2.35. The largest absolute Gasteiger partial charge is 0.341 e. The fourth-order valence-corrected chi connectivity index (χ4v) is 3.10. The summed E-state index contributed by atoms with van der Waals surface area (Å²) in [4.78, 5) is 24.6. The van der Waals surface area contributed by atoms with Gasteiger partial charge in [-0.2, -0.15) is 0 Å². The predicted octanol–water partition coefficient (Wildman–Crippen LogP) is 3.27. The van der Waals surface area contributed by atoms with Crippen molar-refractivity contribution in [3.63, 3.8) is 0 Å². The van der Waals surface area contributed by atoms with E-state index < -0.39 is 6.04 Å². The van der Waals surface area contributed by atoms with E-state index in [-0.39, 0.29) is 11.8 Å². The van der Waals surface area contributed by atoms with Crippen molar-refractivity contribution in [1.82, 2.24) is 15.5 Å². The van der Waals surface area contributed by atoms with Crippen LogP contribution in [0.15, 0.2) is 54.6 Å².